The molecule has 3 saturated heterocycles. The number of hydrogen-bond donors (Lipinski definition) is 3. The minimum absolute atomic E-state index is 0. The quantitative estimate of drug-likeness (QED) is 0.265. The number of hydrogen-bond acceptors (Lipinski definition) is 7. The van der Waals surface area contributed by atoms with Gasteiger partial charge in [-0.1, -0.05) is 18.2 Å². The van der Waals surface area contributed by atoms with Crippen molar-refractivity contribution in [2.75, 3.05) is 31.1 Å². The zero-order valence-corrected chi connectivity index (χ0v) is 21.8. The van der Waals surface area contributed by atoms with E-state index in [1.165, 1.54) is 28.4 Å². The van der Waals surface area contributed by atoms with E-state index in [2.05, 4.69) is 10.6 Å². The van der Waals surface area contributed by atoms with Crippen LogP contribution in [0.1, 0.15) is 12.8 Å². The molecule has 3 fully saturated rings. The molecule has 1 aromatic rings. The van der Waals surface area contributed by atoms with E-state index in [0.717, 1.165) is 24.4 Å². The van der Waals surface area contributed by atoms with Crippen LogP contribution in [0.5, 0.6) is 0 Å². The van der Waals surface area contributed by atoms with Crippen molar-refractivity contribution in [1.82, 2.24) is 20.4 Å². The number of carbonyl (C=O) groups excluding carboxylic acids is 3. The number of carboxylic acids is 1. The van der Waals surface area contributed by atoms with Crippen LogP contribution >= 0.6 is 35.9 Å². The largest absolute Gasteiger partial charge is 0.477 e. The maximum Gasteiger partial charge on any atom is 0.352 e. The van der Waals surface area contributed by atoms with E-state index in [-0.39, 0.29) is 41.7 Å². The Labute approximate surface area is 223 Å². The smallest absolute Gasteiger partial charge is 0.352 e. The first-order chi connectivity index (χ1) is 16.9. The average Bonchev–Trinajstić information content (AvgIpc) is 3.51. The summed E-state index contributed by atoms with van der Waals surface area (Å²) in [5.74, 6) is -1.46. The van der Waals surface area contributed by atoms with Crippen molar-refractivity contribution in [3.05, 3.63) is 53.3 Å². The minimum Gasteiger partial charge on any atom is -0.477 e. The van der Waals surface area contributed by atoms with Crippen molar-refractivity contribution >= 4 is 59.6 Å². The molecule has 0 unspecified atom stereocenters. The number of amides is 3. The summed E-state index contributed by atoms with van der Waals surface area (Å²) >= 11 is 2.78. The average molecular weight is 551 g/mol. The fourth-order valence-corrected chi connectivity index (χ4v) is 6.90. The Bertz CT molecular complexity index is 1120. The van der Waals surface area contributed by atoms with Gasteiger partial charge >= 0.3 is 5.97 Å². The van der Waals surface area contributed by atoms with Crippen molar-refractivity contribution in [1.29, 1.82) is 0 Å². The first kappa shape index (κ1) is 26.6. The monoisotopic (exact) mass is 550 g/mol. The summed E-state index contributed by atoms with van der Waals surface area (Å²) in [5, 5.41) is 15.5. The van der Waals surface area contributed by atoms with Crippen LogP contribution in [0.2, 0.25) is 0 Å². The van der Waals surface area contributed by atoms with Gasteiger partial charge in [-0.2, -0.15) is 0 Å². The molecule has 0 radical (unpaired) electrons. The van der Waals surface area contributed by atoms with E-state index >= 15 is 0 Å². The van der Waals surface area contributed by atoms with Gasteiger partial charge in [0.2, 0.25) is 11.8 Å². The summed E-state index contributed by atoms with van der Waals surface area (Å²) in [4.78, 5) is 54.4. The Kier molecular flexibility index (Phi) is 8.34. The maximum atomic E-state index is 12.9. The van der Waals surface area contributed by atoms with E-state index in [4.69, 9.17) is 0 Å². The van der Waals surface area contributed by atoms with Crippen molar-refractivity contribution < 1.29 is 24.3 Å². The normalized spacial score (nSPS) is 26.6. The number of carboxylic acid groups (broad SMARTS) is 1. The first-order valence-corrected chi connectivity index (χ1v) is 13.6. The number of aliphatic carboxylic acids is 1. The van der Waals surface area contributed by atoms with Crippen LogP contribution in [0.3, 0.4) is 0 Å². The molecular formula is C24H27ClN4O5S2. The van der Waals surface area contributed by atoms with E-state index < -0.39 is 23.3 Å². The van der Waals surface area contributed by atoms with Crippen molar-refractivity contribution in [2.45, 2.75) is 35.2 Å². The first-order valence-electron chi connectivity index (χ1n) is 11.5. The lowest BCUT2D eigenvalue weighted by molar-refractivity contribution is -0.150. The number of rotatable bonds is 7. The van der Waals surface area contributed by atoms with Crippen molar-refractivity contribution in [2.24, 2.45) is 0 Å². The number of nitrogens with zero attached hydrogens (tertiary/aromatic N) is 2. The van der Waals surface area contributed by atoms with E-state index in [1.54, 1.807) is 6.08 Å². The number of carbonyl (C=O) groups is 4. The molecule has 4 aliphatic rings. The number of thioether (sulfide) groups is 2. The Balaban J connectivity index is 0.00000304. The van der Waals surface area contributed by atoms with Gasteiger partial charge in [0.25, 0.3) is 5.91 Å². The molecule has 5 rings (SSSR count). The van der Waals surface area contributed by atoms with Gasteiger partial charge < -0.3 is 20.6 Å². The molecule has 9 nitrogen and oxygen atoms in total. The standard InChI is InChI=1S/C24H26N4O5S2.ClH/c29-18(13-34-17-4-2-1-3-5-17)26-19-22(31)28-20(24(32)33)15(12-35-23(19)28)10-14-7-9-27(21(14)30)16-6-8-25-11-16;/h1-5,10,16,19,23,25H,6-9,11-13H2,(H,26,29)(H,32,33);1H/b14-10+;/t16-,19-,23-;/m1./s1. The topological polar surface area (TPSA) is 119 Å². The molecule has 4 aliphatic heterocycles. The summed E-state index contributed by atoms with van der Waals surface area (Å²) in [7, 11) is 0. The molecule has 3 N–H and O–H groups in total. The Morgan fingerprint density at radius 3 is 2.72 bits per heavy atom. The third-order valence-electron chi connectivity index (χ3n) is 6.61. The van der Waals surface area contributed by atoms with Gasteiger partial charge in [0.05, 0.1) is 5.75 Å². The fraction of sp³-hybridized carbons (Fsp3) is 0.417. The van der Waals surface area contributed by atoms with Gasteiger partial charge in [-0.25, -0.2) is 4.79 Å². The summed E-state index contributed by atoms with van der Waals surface area (Å²) < 4.78 is 0. The molecule has 0 aromatic heterocycles. The molecule has 192 valence electrons. The highest BCUT2D eigenvalue weighted by atomic mass is 35.5. The molecule has 0 aliphatic carbocycles. The highest BCUT2D eigenvalue weighted by Gasteiger charge is 2.54. The van der Waals surface area contributed by atoms with Crippen LogP contribution in [0.4, 0.5) is 0 Å². The lowest BCUT2D eigenvalue weighted by Crippen LogP contribution is -2.70. The summed E-state index contributed by atoms with van der Waals surface area (Å²) in [6.45, 7) is 2.29. The number of allylic oxidation sites excluding steroid dienone is 1. The SMILES string of the molecule is Cl.O=C(CSc1ccccc1)N[C@@H]1C(=O)N2C(C(=O)O)=C(/C=C3\CCN([C@@H]4CCNC4)C3=O)CS[C@H]12. The number of benzene rings is 1. The van der Waals surface area contributed by atoms with E-state index in [1.807, 2.05) is 35.2 Å². The third kappa shape index (κ3) is 5.15. The highest BCUT2D eigenvalue weighted by molar-refractivity contribution is 8.00. The van der Waals surface area contributed by atoms with Gasteiger partial charge in [0.15, 0.2) is 0 Å². The van der Waals surface area contributed by atoms with Crippen LogP contribution in [-0.2, 0) is 19.2 Å². The maximum absolute atomic E-state index is 12.9. The molecule has 0 bridgehead atoms. The summed E-state index contributed by atoms with van der Waals surface area (Å²) in [6.07, 6.45) is 3.14. The summed E-state index contributed by atoms with van der Waals surface area (Å²) in [6, 6.07) is 8.91. The van der Waals surface area contributed by atoms with Gasteiger partial charge in [-0.05, 0) is 43.2 Å². The second-order valence-corrected chi connectivity index (χ2v) is 11.0. The zero-order chi connectivity index (χ0) is 24.5. The van der Waals surface area contributed by atoms with Gasteiger partial charge in [-0.3, -0.25) is 19.3 Å². The Hall–Kier alpha value is -2.47. The van der Waals surface area contributed by atoms with Gasteiger partial charge in [0.1, 0.15) is 17.1 Å². The molecule has 3 amide bonds. The zero-order valence-electron chi connectivity index (χ0n) is 19.3. The Morgan fingerprint density at radius 1 is 1.25 bits per heavy atom. The molecule has 36 heavy (non-hydrogen) atoms. The number of nitrogens with one attached hydrogen (secondary N) is 2. The second kappa shape index (κ2) is 11.3. The van der Waals surface area contributed by atoms with Gasteiger partial charge in [0, 0.05) is 35.4 Å². The third-order valence-corrected chi connectivity index (χ3v) is 8.93. The van der Waals surface area contributed by atoms with Crippen molar-refractivity contribution in [3.63, 3.8) is 0 Å². The van der Waals surface area contributed by atoms with Gasteiger partial charge in [-0.15, -0.1) is 35.9 Å². The van der Waals surface area contributed by atoms with E-state index in [0.29, 0.717) is 29.9 Å². The van der Waals surface area contributed by atoms with E-state index in [9.17, 15) is 24.3 Å². The highest BCUT2D eigenvalue weighted by Crippen LogP contribution is 2.41. The van der Waals surface area contributed by atoms with Crippen molar-refractivity contribution in [3.8, 4) is 0 Å². The fourth-order valence-electron chi connectivity index (χ4n) is 4.87. The number of halogens is 1. The molecule has 4 heterocycles. The lowest BCUT2D eigenvalue weighted by Gasteiger charge is -2.49. The summed E-state index contributed by atoms with van der Waals surface area (Å²) in [5.41, 5.74) is 0.955. The lowest BCUT2D eigenvalue weighted by atomic mass is 10.0. The number of fused-ring (bicyclic) bond motifs is 1. The van der Waals surface area contributed by atoms with Crippen LogP contribution in [-0.4, -0.2) is 87.2 Å². The predicted molar refractivity (Wildman–Crippen MR) is 140 cm³/mol. The minimum atomic E-state index is -1.21. The van der Waals surface area contributed by atoms with Crippen LogP contribution in [0, 0.1) is 0 Å². The molecule has 1 aromatic carbocycles. The van der Waals surface area contributed by atoms with Crippen LogP contribution in [0.25, 0.3) is 0 Å². The second-order valence-electron chi connectivity index (χ2n) is 8.80. The molecular weight excluding hydrogens is 524 g/mol. The molecule has 3 atom stereocenters. The molecule has 12 heteroatoms. The Morgan fingerprint density at radius 2 is 2.03 bits per heavy atom. The molecule has 0 saturated carbocycles. The number of β-lactam (4-membered cyclic amide) rings is 1. The van der Waals surface area contributed by atoms with Crippen LogP contribution in [0.15, 0.2) is 58.1 Å². The van der Waals surface area contributed by atoms with Crippen LogP contribution < -0.4 is 10.6 Å². The number of likely N-dealkylation sites (tertiary alicyclic amines) is 1. The predicted octanol–water partition coefficient (Wildman–Crippen LogP) is 1.46. The molecule has 0 spiro atoms.